The van der Waals surface area contributed by atoms with Crippen LogP contribution in [0.1, 0.15) is 51.4 Å². The molecule has 2 heterocycles. The fourth-order valence-electron chi connectivity index (χ4n) is 4.72. The summed E-state index contributed by atoms with van der Waals surface area (Å²) in [6.07, 6.45) is 11.4. The van der Waals surface area contributed by atoms with Crippen LogP contribution < -0.4 is 10.0 Å². The second-order valence-electron chi connectivity index (χ2n) is 7.68. The molecule has 3 aliphatic rings. The first-order valence-corrected chi connectivity index (χ1v) is 10.8. The number of hydrogen-bond donors (Lipinski definition) is 2. The minimum absolute atomic E-state index is 0.144. The summed E-state index contributed by atoms with van der Waals surface area (Å²) in [5.74, 6) is 0. The number of sulfonamides is 1. The van der Waals surface area contributed by atoms with Gasteiger partial charge in [-0.15, -0.1) is 0 Å². The van der Waals surface area contributed by atoms with Gasteiger partial charge in [-0.3, -0.25) is 0 Å². The molecule has 2 saturated heterocycles. The molecular formula is C16H31N3O2S. The van der Waals surface area contributed by atoms with Crippen LogP contribution in [-0.2, 0) is 10.0 Å². The van der Waals surface area contributed by atoms with Crippen LogP contribution >= 0.6 is 0 Å². The van der Waals surface area contributed by atoms with Crippen LogP contribution in [0.5, 0.6) is 0 Å². The number of nitrogens with one attached hydrogen (secondary N) is 2. The first kappa shape index (κ1) is 16.7. The van der Waals surface area contributed by atoms with Gasteiger partial charge in [-0.1, -0.05) is 0 Å². The van der Waals surface area contributed by atoms with Gasteiger partial charge in [0.2, 0.25) is 10.0 Å². The number of hydrogen-bond acceptors (Lipinski definition) is 4. The maximum absolute atomic E-state index is 11.3. The Morgan fingerprint density at radius 3 is 2.14 bits per heavy atom. The normalized spacial score (nSPS) is 29.0. The zero-order chi connectivity index (χ0) is 15.6. The number of rotatable bonds is 3. The molecule has 0 aromatic rings. The van der Waals surface area contributed by atoms with Gasteiger partial charge >= 0.3 is 0 Å². The standard InChI is InChI=1S/C16H31N3O2S/c1-22(20,21)18-14-4-12-19(13-5-14)15-2-6-16(7-3-15)8-10-17-11-9-16/h14-15,17-18H,2-13H2,1H3. The number of nitrogens with zero attached hydrogens (tertiary/aromatic N) is 1. The molecule has 0 amide bonds. The molecule has 0 radical (unpaired) electrons. The third kappa shape index (κ3) is 4.22. The molecule has 1 spiro atoms. The zero-order valence-electron chi connectivity index (χ0n) is 13.8. The summed E-state index contributed by atoms with van der Waals surface area (Å²) < 4.78 is 25.4. The van der Waals surface area contributed by atoms with E-state index in [1.165, 1.54) is 57.9 Å². The highest BCUT2D eigenvalue weighted by Gasteiger charge is 2.38. The Morgan fingerprint density at radius 1 is 1.00 bits per heavy atom. The average molecular weight is 330 g/mol. The van der Waals surface area contributed by atoms with E-state index in [4.69, 9.17) is 0 Å². The highest BCUT2D eigenvalue weighted by Crippen LogP contribution is 2.44. The molecule has 1 aliphatic carbocycles. The second kappa shape index (κ2) is 6.75. The molecule has 0 aromatic heterocycles. The predicted octanol–water partition coefficient (Wildman–Crippen LogP) is 1.31. The zero-order valence-corrected chi connectivity index (χ0v) is 14.6. The Balaban J connectivity index is 1.45. The van der Waals surface area contributed by atoms with Gasteiger partial charge in [-0.25, -0.2) is 13.1 Å². The summed E-state index contributed by atoms with van der Waals surface area (Å²) in [5, 5.41) is 3.49. The first-order valence-electron chi connectivity index (χ1n) is 8.88. The molecule has 128 valence electrons. The maximum Gasteiger partial charge on any atom is 0.208 e. The Kier molecular flexibility index (Phi) is 5.12. The first-order chi connectivity index (χ1) is 10.5. The quantitative estimate of drug-likeness (QED) is 0.820. The van der Waals surface area contributed by atoms with Crippen LogP contribution in [0.15, 0.2) is 0 Å². The number of piperidine rings is 2. The molecule has 3 rings (SSSR count). The molecule has 5 nitrogen and oxygen atoms in total. The Bertz CT molecular complexity index is 456. The second-order valence-corrected chi connectivity index (χ2v) is 9.46. The number of likely N-dealkylation sites (tertiary alicyclic amines) is 1. The van der Waals surface area contributed by atoms with E-state index in [9.17, 15) is 8.42 Å². The van der Waals surface area contributed by atoms with E-state index >= 15 is 0 Å². The highest BCUT2D eigenvalue weighted by molar-refractivity contribution is 7.88. The maximum atomic E-state index is 11.3. The molecule has 2 aliphatic heterocycles. The fraction of sp³-hybridized carbons (Fsp3) is 1.00. The lowest BCUT2D eigenvalue weighted by molar-refractivity contribution is 0.0528. The topological polar surface area (TPSA) is 61.4 Å². The van der Waals surface area contributed by atoms with E-state index in [-0.39, 0.29) is 6.04 Å². The van der Waals surface area contributed by atoms with Crippen molar-refractivity contribution < 1.29 is 8.42 Å². The molecular weight excluding hydrogens is 298 g/mol. The lowest BCUT2D eigenvalue weighted by Crippen LogP contribution is -2.50. The monoisotopic (exact) mass is 329 g/mol. The lowest BCUT2D eigenvalue weighted by atomic mass is 9.67. The van der Waals surface area contributed by atoms with Gasteiger partial charge in [0.1, 0.15) is 0 Å². The van der Waals surface area contributed by atoms with Gasteiger partial charge in [0.15, 0.2) is 0 Å². The average Bonchev–Trinajstić information content (AvgIpc) is 2.48. The highest BCUT2D eigenvalue weighted by atomic mass is 32.2. The van der Waals surface area contributed by atoms with Crippen LogP contribution in [0.4, 0.5) is 0 Å². The largest absolute Gasteiger partial charge is 0.317 e. The Morgan fingerprint density at radius 2 is 1.59 bits per heavy atom. The summed E-state index contributed by atoms with van der Waals surface area (Å²) in [4.78, 5) is 2.62. The van der Waals surface area contributed by atoms with Crippen molar-refractivity contribution in [2.45, 2.75) is 63.5 Å². The van der Waals surface area contributed by atoms with Crippen molar-refractivity contribution >= 4 is 10.0 Å². The van der Waals surface area contributed by atoms with Crippen LogP contribution in [0, 0.1) is 5.41 Å². The van der Waals surface area contributed by atoms with Crippen molar-refractivity contribution in [1.29, 1.82) is 0 Å². The minimum atomic E-state index is -3.06. The third-order valence-corrected chi connectivity index (χ3v) is 6.87. The summed E-state index contributed by atoms with van der Waals surface area (Å²) in [6, 6.07) is 0.880. The van der Waals surface area contributed by atoms with Crippen molar-refractivity contribution in [3.05, 3.63) is 0 Å². The van der Waals surface area contributed by atoms with E-state index in [0.717, 1.165) is 32.0 Å². The van der Waals surface area contributed by atoms with Gasteiger partial charge in [0, 0.05) is 12.1 Å². The lowest BCUT2D eigenvalue weighted by Gasteiger charge is -2.47. The Labute approximate surface area is 135 Å². The van der Waals surface area contributed by atoms with Crippen LogP contribution in [0.2, 0.25) is 0 Å². The molecule has 6 heteroatoms. The van der Waals surface area contributed by atoms with Crippen LogP contribution in [-0.4, -0.2) is 57.8 Å². The van der Waals surface area contributed by atoms with Gasteiger partial charge < -0.3 is 10.2 Å². The van der Waals surface area contributed by atoms with E-state index < -0.39 is 10.0 Å². The predicted molar refractivity (Wildman–Crippen MR) is 89.4 cm³/mol. The van der Waals surface area contributed by atoms with Crippen molar-refractivity contribution in [3.63, 3.8) is 0 Å². The molecule has 0 atom stereocenters. The van der Waals surface area contributed by atoms with Crippen molar-refractivity contribution in [2.24, 2.45) is 5.41 Å². The summed E-state index contributed by atoms with van der Waals surface area (Å²) in [7, 11) is -3.06. The smallest absolute Gasteiger partial charge is 0.208 e. The van der Waals surface area contributed by atoms with E-state index in [2.05, 4.69) is 14.9 Å². The molecule has 0 bridgehead atoms. The fourth-order valence-corrected chi connectivity index (χ4v) is 5.56. The molecule has 0 unspecified atom stereocenters. The van der Waals surface area contributed by atoms with Crippen LogP contribution in [0.3, 0.4) is 0 Å². The van der Waals surface area contributed by atoms with Gasteiger partial charge in [-0.05, 0) is 83.0 Å². The van der Waals surface area contributed by atoms with Crippen molar-refractivity contribution in [2.75, 3.05) is 32.4 Å². The Hall–Kier alpha value is -0.170. The summed E-state index contributed by atoms with van der Waals surface area (Å²) in [5.41, 5.74) is 0.637. The van der Waals surface area contributed by atoms with Gasteiger partial charge in [0.25, 0.3) is 0 Å². The summed E-state index contributed by atoms with van der Waals surface area (Å²) >= 11 is 0. The molecule has 3 fully saturated rings. The van der Waals surface area contributed by atoms with E-state index in [1.54, 1.807) is 0 Å². The minimum Gasteiger partial charge on any atom is -0.317 e. The summed E-state index contributed by atoms with van der Waals surface area (Å²) in [6.45, 7) is 4.50. The molecule has 0 aromatic carbocycles. The molecule has 1 saturated carbocycles. The van der Waals surface area contributed by atoms with Crippen molar-refractivity contribution in [1.82, 2.24) is 14.9 Å². The molecule has 22 heavy (non-hydrogen) atoms. The third-order valence-electron chi connectivity index (χ3n) is 6.11. The van der Waals surface area contributed by atoms with Crippen molar-refractivity contribution in [3.8, 4) is 0 Å². The van der Waals surface area contributed by atoms with Gasteiger partial charge in [-0.2, -0.15) is 0 Å². The van der Waals surface area contributed by atoms with Crippen LogP contribution in [0.25, 0.3) is 0 Å². The SMILES string of the molecule is CS(=O)(=O)NC1CCN(C2CCC3(CCNCC3)CC2)CC1. The van der Waals surface area contributed by atoms with Gasteiger partial charge in [0.05, 0.1) is 6.26 Å². The van der Waals surface area contributed by atoms with E-state index in [0.29, 0.717) is 5.41 Å². The van der Waals surface area contributed by atoms with E-state index in [1.807, 2.05) is 0 Å². The molecule has 2 N–H and O–H groups in total.